The Balaban J connectivity index is 2.50. The average Bonchev–Trinajstić information content (AvgIpc) is 2.43. The summed E-state index contributed by atoms with van der Waals surface area (Å²) in [5.74, 6) is 1.93. The SMILES string of the molecule is COc1ccc(CC(=O)NCCCCCl)cc1OC. The van der Waals surface area contributed by atoms with Crippen molar-refractivity contribution in [2.45, 2.75) is 19.3 Å². The van der Waals surface area contributed by atoms with Gasteiger partial charge in [0.05, 0.1) is 20.6 Å². The molecule has 1 aromatic carbocycles. The molecule has 0 atom stereocenters. The standard InChI is InChI=1S/C14H20ClNO3/c1-18-12-6-5-11(9-13(12)19-2)10-14(17)16-8-4-3-7-15/h5-6,9H,3-4,7-8,10H2,1-2H3,(H,16,17). The molecule has 0 radical (unpaired) electrons. The lowest BCUT2D eigenvalue weighted by molar-refractivity contribution is -0.120. The van der Waals surface area contributed by atoms with Crippen LogP contribution in [0, 0.1) is 0 Å². The number of amides is 1. The molecule has 4 nitrogen and oxygen atoms in total. The highest BCUT2D eigenvalue weighted by Crippen LogP contribution is 2.27. The van der Waals surface area contributed by atoms with E-state index in [1.807, 2.05) is 12.1 Å². The van der Waals surface area contributed by atoms with Crippen molar-refractivity contribution < 1.29 is 14.3 Å². The smallest absolute Gasteiger partial charge is 0.224 e. The van der Waals surface area contributed by atoms with Crippen molar-refractivity contribution >= 4 is 17.5 Å². The van der Waals surface area contributed by atoms with E-state index in [4.69, 9.17) is 21.1 Å². The first kappa shape index (κ1) is 15.6. The van der Waals surface area contributed by atoms with Crippen molar-refractivity contribution in [1.82, 2.24) is 5.32 Å². The van der Waals surface area contributed by atoms with Gasteiger partial charge in [-0.15, -0.1) is 11.6 Å². The molecule has 5 heteroatoms. The minimum atomic E-state index is 0.00166. The van der Waals surface area contributed by atoms with Crippen molar-refractivity contribution in [3.63, 3.8) is 0 Å². The van der Waals surface area contributed by atoms with E-state index >= 15 is 0 Å². The van der Waals surface area contributed by atoms with Crippen LogP contribution in [0.2, 0.25) is 0 Å². The van der Waals surface area contributed by atoms with Gasteiger partial charge in [-0.05, 0) is 30.5 Å². The number of hydrogen-bond acceptors (Lipinski definition) is 3. The third kappa shape index (κ3) is 5.39. The van der Waals surface area contributed by atoms with Gasteiger partial charge in [0, 0.05) is 12.4 Å². The summed E-state index contributed by atoms with van der Waals surface area (Å²) >= 11 is 5.57. The van der Waals surface area contributed by atoms with E-state index < -0.39 is 0 Å². The van der Waals surface area contributed by atoms with Crippen LogP contribution in [0.4, 0.5) is 0 Å². The molecule has 1 amide bonds. The van der Waals surface area contributed by atoms with Crippen LogP contribution in [-0.4, -0.2) is 32.6 Å². The number of rotatable bonds is 8. The summed E-state index contributed by atoms with van der Waals surface area (Å²) in [5.41, 5.74) is 0.896. The van der Waals surface area contributed by atoms with Crippen LogP contribution in [0.15, 0.2) is 18.2 Å². The zero-order valence-corrected chi connectivity index (χ0v) is 12.1. The second-order valence-electron chi connectivity index (χ2n) is 4.11. The van der Waals surface area contributed by atoms with Gasteiger partial charge in [0.25, 0.3) is 0 Å². The summed E-state index contributed by atoms with van der Waals surface area (Å²) in [7, 11) is 3.16. The summed E-state index contributed by atoms with van der Waals surface area (Å²) in [4.78, 5) is 11.7. The van der Waals surface area contributed by atoms with Crippen molar-refractivity contribution in [1.29, 1.82) is 0 Å². The predicted molar refractivity (Wildman–Crippen MR) is 76.2 cm³/mol. The molecule has 19 heavy (non-hydrogen) atoms. The van der Waals surface area contributed by atoms with E-state index in [1.54, 1.807) is 20.3 Å². The van der Waals surface area contributed by atoms with E-state index in [0.29, 0.717) is 30.3 Å². The zero-order chi connectivity index (χ0) is 14.1. The van der Waals surface area contributed by atoms with Gasteiger partial charge in [0.1, 0.15) is 0 Å². The highest BCUT2D eigenvalue weighted by molar-refractivity contribution is 6.17. The number of benzene rings is 1. The van der Waals surface area contributed by atoms with Crippen molar-refractivity contribution in [2.75, 3.05) is 26.6 Å². The van der Waals surface area contributed by atoms with E-state index in [-0.39, 0.29) is 5.91 Å². The molecular formula is C14H20ClNO3. The van der Waals surface area contributed by atoms with Gasteiger partial charge in [-0.1, -0.05) is 6.07 Å². The van der Waals surface area contributed by atoms with Gasteiger partial charge in [0.2, 0.25) is 5.91 Å². The second kappa shape index (κ2) is 8.64. The molecule has 0 aromatic heterocycles. The number of carbonyl (C=O) groups excluding carboxylic acids is 1. The molecule has 0 aliphatic rings. The third-order valence-corrected chi connectivity index (χ3v) is 2.96. The highest BCUT2D eigenvalue weighted by Gasteiger charge is 2.07. The quantitative estimate of drug-likeness (QED) is 0.589. The third-order valence-electron chi connectivity index (χ3n) is 2.70. The van der Waals surface area contributed by atoms with Crippen LogP contribution in [0.25, 0.3) is 0 Å². The molecule has 0 bridgehead atoms. The van der Waals surface area contributed by atoms with Crippen LogP contribution in [-0.2, 0) is 11.2 Å². The van der Waals surface area contributed by atoms with Crippen LogP contribution in [0.5, 0.6) is 11.5 Å². The number of ether oxygens (including phenoxy) is 2. The Labute approximate surface area is 119 Å². The van der Waals surface area contributed by atoms with Crippen LogP contribution in [0.3, 0.4) is 0 Å². The van der Waals surface area contributed by atoms with E-state index in [1.165, 1.54) is 0 Å². The molecule has 0 fully saturated rings. The van der Waals surface area contributed by atoms with Crippen LogP contribution in [0.1, 0.15) is 18.4 Å². The number of alkyl halides is 1. The molecule has 0 spiro atoms. The Bertz CT molecular complexity index is 410. The molecule has 0 unspecified atom stereocenters. The minimum Gasteiger partial charge on any atom is -0.493 e. The van der Waals surface area contributed by atoms with Gasteiger partial charge in [-0.25, -0.2) is 0 Å². The first-order valence-electron chi connectivity index (χ1n) is 6.24. The Hall–Kier alpha value is -1.42. The Morgan fingerprint density at radius 1 is 1.21 bits per heavy atom. The lowest BCUT2D eigenvalue weighted by Crippen LogP contribution is -2.26. The number of methoxy groups -OCH3 is 2. The molecule has 1 N–H and O–H groups in total. The first-order valence-corrected chi connectivity index (χ1v) is 6.78. The monoisotopic (exact) mass is 285 g/mol. The summed E-state index contributed by atoms with van der Waals surface area (Å²) in [6.45, 7) is 0.666. The fourth-order valence-electron chi connectivity index (χ4n) is 1.69. The van der Waals surface area contributed by atoms with E-state index in [9.17, 15) is 4.79 Å². The fraction of sp³-hybridized carbons (Fsp3) is 0.500. The number of halogens is 1. The van der Waals surface area contributed by atoms with Gasteiger partial charge in [-0.2, -0.15) is 0 Å². The molecule has 1 aromatic rings. The normalized spacial score (nSPS) is 10.1. The summed E-state index contributed by atoms with van der Waals surface area (Å²) in [6, 6.07) is 5.48. The van der Waals surface area contributed by atoms with Crippen LogP contribution < -0.4 is 14.8 Å². The van der Waals surface area contributed by atoms with Gasteiger partial charge in [0.15, 0.2) is 11.5 Å². The Morgan fingerprint density at radius 2 is 1.95 bits per heavy atom. The van der Waals surface area contributed by atoms with Crippen molar-refractivity contribution in [2.24, 2.45) is 0 Å². The van der Waals surface area contributed by atoms with Crippen molar-refractivity contribution in [3.05, 3.63) is 23.8 Å². The highest BCUT2D eigenvalue weighted by atomic mass is 35.5. The average molecular weight is 286 g/mol. The maximum absolute atomic E-state index is 11.7. The maximum atomic E-state index is 11.7. The fourth-order valence-corrected chi connectivity index (χ4v) is 1.87. The largest absolute Gasteiger partial charge is 0.493 e. The Kier molecular flexibility index (Phi) is 7.11. The van der Waals surface area contributed by atoms with Crippen molar-refractivity contribution in [3.8, 4) is 11.5 Å². The summed E-state index contributed by atoms with van der Waals surface area (Å²) in [6.07, 6.45) is 2.15. The number of hydrogen-bond donors (Lipinski definition) is 1. The minimum absolute atomic E-state index is 0.00166. The van der Waals surface area contributed by atoms with E-state index in [2.05, 4.69) is 5.32 Å². The number of carbonyl (C=O) groups is 1. The van der Waals surface area contributed by atoms with Gasteiger partial charge >= 0.3 is 0 Å². The molecule has 0 saturated heterocycles. The molecule has 0 saturated carbocycles. The molecule has 1 rings (SSSR count). The summed E-state index contributed by atoms with van der Waals surface area (Å²) < 4.78 is 10.4. The lowest BCUT2D eigenvalue weighted by Gasteiger charge is -2.09. The molecule has 0 aliphatic heterocycles. The zero-order valence-electron chi connectivity index (χ0n) is 11.4. The molecule has 0 heterocycles. The maximum Gasteiger partial charge on any atom is 0.224 e. The molecule has 0 aliphatic carbocycles. The molecular weight excluding hydrogens is 266 g/mol. The predicted octanol–water partition coefficient (Wildman–Crippen LogP) is 2.38. The first-order chi connectivity index (χ1) is 9.21. The Morgan fingerprint density at radius 3 is 2.58 bits per heavy atom. The number of unbranched alkanes of at least 4 members (excludes halogenated alkanes) is 1. The topological polar surface area (TPSA) is 47.6 Å². The second-order valence-corrected chi connectivity index (χ2v) is 4.49. The summed E-state index contributed by atoms with van der Waals surface area (Å²) in [5, 5.41) is 2.86. The number of nitrogens with one attached hydrogen (secondary N) is 1. The van der Waals surface area contributed by atoms with E-state index in [0.717, 1.165) is 18.4 Å². The van der Waals surface area contributed by atoms with Crippen LogP contribution >= 0.6 is 11.6 Å². The van der Waals surface area contributed by atoms with Gasteiger partial charge in [-0.3, -0.25) is 4.79 Å². The molecule has 106 valence electrons. The lowest BCUT2D eigenvalue weighted by atomic mass is 10.1. The van der Waals surface area contributed by atoms with Gasteiger partial charge < -0.3 is 14.8 Å².